The van der Waals surface area contributed by atoms with Crippen LogP contribution in [0.3, 0.4) is 0 Å². The Bertz CT molecular complexity index is 819. The van der Waals surface area contributed by atoms with Crippen molar-refractivity contribution < 1.29 is 9.53 Å². The third-order valence-corrected chi connectivity index (χ3v) is 5.61. The number of nitrogens with two attached hydrogens (primary N) is 1. The van der Waals surface area contributed by atoms with Crippen molar-refractivity contribution in [3.8, 4) is 11.8 Å². The van der Waals surface area contributed by atoms with Crippen LogP contribution in [0.15, 0.2) is 21.2 Å². The second-order valence-corrected chi connectivity index (χ2v) is 6.33. The zero-order valence-corrected chi connectivity index (χ0v) is 15.4. The highest BCUT2D eigenvalue weighted by Gasteiger charge is 2.23. The van der Waals surface area contributed by atoms with E-state index in [1.165, 1.54) is 13.3 Å². The standard InChI is InChI=1S/C15H13Br2N3O2/c1-7-4-10(12(17)8(2)11(7)16)20-6-9(5-18)13(19)14(20)15(21)22-3/h4,6H,19H2,1-3H3. The monoisotopic (exact) mass is 425 g/mol. The molecule has 2 N–H and O–H groups in total. The first-order chi connectivity index (χ1) is 10.3. The third-order valence-electron chi connectivity index (χ3n) is 3.39. The molecule has 5 nitrogen and oxygen atoms in total. The predicted molar refractivity (Wildman–Crippen MR) is 91.1 cm³/mol. The summed E-state index contributed by atoms with van der Waals surface area (Å²) in [6, 6.07) is 3.88. The number of aryl methyl sites for hydroxylation is 1. The van der Waals surface area contributed by atoms with Gasteiger partial charge < -0.3 is 15.0 Å². The number of esters is 1. The maximum atomic E-state index is 12.0. The summed E-state index contributed by atoms with van der Waals surface area (Å²) in [6.45, 7) is 3.89. The Morgan fingerprint density at radius 2 is 2.00 bits per heavy atom. The molecule has 22 heavy (non-hydrogen) atoms. The molecule has 0 aliphatic heterocycles. The first-order valence-corrected chi connectivity index (χ1v) is 7.86. The van der Waals surface area contributed by atoms with E-state index in [9.17, 15) is 4.79 Å². The van der Waals surface area contributed by atoms with Crippen LogP contribution in [0.2, 0.25) is 0 Å². The van der Waals surface area contributed by atoms with Gasteiger partial charge in [0.2, 0.25) is 0 Å². The van der Waals surface area contributed by atoms with Gasteiger partial charge in [0.25, 0.3) is 0 Å². The van der Waals surface area contributed by atoms with E-state index in [4.69, 9.17) is 15.7 Å². The number of aromatic nitrogens is 1. The van der Waals surface area contributed by atoms with E-state index in [0.29, 0.717) is 5.69 Å². The van der Waals surface area contributed by atoms with Crippen LogP contribution in [0, 0.1) is 25.2 Å². The number of hydrogen-bond acceptors (Lipinski definition) is 4. The van der Waals surface area contributed by atoms with Crippen LogP contribution in [0.1, 0.15) is 27.2 Å². The van der Waals surface area contributed by atoms with Crippen LogP contribution in [0.25, 0.3) is 5.69 Å². The summed E-state index contributed by atoms with van der Waals surface area (Å²) in [4.78, 5) is 12.0. The van der Waals surface area contributed by atoms with Gasteiger partial charge in [-0.2, -0.15) is 5.26 Å². The van der Waals surface area contributed by atoms with Crippen molar-refractivity contribution in [2.24, 2.45) is 0 Å². The summed E-state index contributed by atoms with van der Waals surface area (Å²) >= 11 is 7.06. The average molecular weight is 427 g/mol. The van der Waals surface area contributed by atoms with E-state index in [1.54, 1.807) is 4.57 Å². The summed E-state index contributed by atoms with van der Waals surface area (Å²) in [5.41, 5.74) is 9.09. The first kappa shape index (κ1) is 16.6. The molecule has 0 spiro atoms. The quantitative estimate of drug-likeness (QED) is 0.739. The lowest BCUT2D eigenvalue weighted by atomic mass is 10.1. The van der Waals surface area contributed by atoms with Crippen molar-refractivity contribution in [1.29, 1.82) is 5.26 Å². The van der Waals surface area contributed by atoms with Crippen LogP contribution >= 0.6 is 31.9 Å². The number of methoxy groups -OCH3 is 1. The van der Waals surface area contributed by atoms with Crippen LogP contribution in [0.5, 0.6) is 0 Å². The molecule has 2 aromatic rings. The van der Waals surface area contributed by atoms with Crippen molar-refractivity contribution in [3.63, 3.8) is 0 Å². The minimum atomic E-state index is -0.593. The molecule has 0 aliphatic carbocycles. The number of anilines is 1. The Labute approximate surface area is 144 Å². The number of nitrogens with zero attached hydrogens (tertiary/aromatic N) is 2. The maximum absolute atomic E-state index is 12.0. The predicted octanol–water partition coefficient (Wildman–Crippen LogP) is 3.86. The number of hydrogen-bond donors (Lipinski definition) is 1. The molecule has 0 aliphatic rings. The Hall–Kier alpha value is -1.78. The number of carbonyl (C=O) groups excluding carboxylic acids is 1. The minimum absolute atomic E-state index is 0.111. The summed E-state index contributed by atoms with van der Waals surface area (Å²) in [5.74, 6) is -0.593. The van der Waals surface area contributed by atoms with E-state index in [2.05, 4.69) is 31.9 Å². The number of nitriles is 1. The molecule has 0 saturated heterocycles. The van der Waals surface area contributed by atoms with Crippen LogP contribution in [0.4, 0.5) is 5.69 Å². The molecule has 7 heteroatoms. The largest absolute Gasteiger partial charge is 0.464 e. The number of benzene rings is 1. The van der Waals surface area contributed by atoms with Crippen LogP contribution in [-0.2, 0) is 4.74 Å². The Morgan fingerprint density at radius 1 is 1.36 bits per heavy atom. The van der Waals surface area contributed by atoms with Gasteiger partial charge in [0.1, 0.15) is 6.07 Å². The number of ether oxygens (including phenoxy) is 1. The van der Waals surface area contributed by atoms with Crippen molar-refractivity contribution >= 4 is 43.5 Å². The van der Waals surface area contributed by atoms with Gasteiger partial charge in [-0.3, -0.25) is 0 Å². The fraction of sp³-hybridized carbons (Fsp3) is 0.200. The van der Waals surface area contributed by atoms with E-state index < -0.39 is 5.97 Å². The van der Waals surface area contributed by atoms with Gasteiger partial charge in [0, 0.05) is 15.1 Å². The molecule has 0 saturated carbocycles. The summed E-state index contributed by atoms with van der Waals surface area (Å²) in [6.07, 6.45) is 1.54. The molecule has 114 valence electrons. The van der Waals surface area contributed by atoms with Gasteiger partial charge in [0.05, 0.1) is 24.0 Å². The molecular weight excluding hydrogens is 414 g/mol. The van der Waals surface area contributed by atoms with E-state index in [1.807, 2.05) is 26.0 Å². The molecule has 0 amide bonds. The number of carbonyl (C=O) groups is 1. The van der Waals surface area contributed by atoms with Crippen LogP contribution < -0.4 is 5.73 Å². The smallest absolute Gasteiger partial charge is 0.357 e. The van der Waals surface area contributed by atoms with Crippen molar-refractivity contribution in [2.75, 3.05) is 12.8 Å². The summed E-state index contributed by atoms with van der Waals surface area (Å²) in [5, 5.41) is 9.17. The first-order valence-electron chi connectivity index (χ1n) is 6.28. The Kier molecular flexibility index (Phi) is 4.63. The fourth-order valence-corrected chi connectivity index (χ4v) is 3.28. The minimum Gasteiger partial charge on any atom is -0.464 e. The lowest BCUT2D eigenvalue weighted by Gasteiger charge is -2.15. The second-order valence-electron chi connectivity index (χ2n) is 4.74. The lowest BCUT2D eigenvalue weighted by molar-refractivity contribution is 0.0593. The van der Waals surface area contributed by atoms with Crippen molar-refractivity contribution in [3.05, 3.63) is 43.6 Å². The van der Waals surface area contributed by atoms with E-state index >= 15 is 0 Å². The fourth-order valence-electron chi connectivity index (χ4n) is 2.20. The molecular formula is C15H13Br2N3O2. The average Bonchev–Trinajstić information content (AvgIpc) is 2.84. The molecule has 0 radical (unpaired) electrons. The van der Waals surface area contributed by atoms with Gasteiger partial charge >= 0.3 is 5.97 Å². The molecule has 0 atom stereocenters. The Balaban J connectivity index is 2.85. The Morgan fingerprint density at radius 3 is 2.55 bits per heavy atom. The summed E-state index contributed by atoms with van der Waals surface area (Å²) in [7, 11) is 1.28. The zero-order valence-electron chi connectivity index (χ0n) is 12.2. The van der Waals surface area contributed by atoms with Crippen molar-refractivity contribution in [1.82, 2.24) is 4.57 Å². The highest BCUT2D eigenvalue weighted by Crippen LogP contribution is 2.35. The van der Waals surface area contributed by atoms with E-state index in [-0.39, 0.29) is 16.9 Å². The van der Waals surface area contributed by atoms with Gasteiger partial charge in [-0.05, 0) is 47.0 Å². The van der Waals surface area contributed by atoms with Gasteiger partial charge in [-0.1, -0.05) is 15.9 Å². The number of rotatable bonds is 2. The maximum Gasteiger partial charge on any atom is 0.357 e. The normalized spacial score (nSPS) is 10.4. The van der Waals surface area contributed by atoms with Gasteiger partial charge in [-0.25, -0.2) is 4.79 Å². The molecule has 0 fully saturated rings. The molecule has 1 heterocycles. The van der Waals surface area contributed by atoms with E-state index in [0.717, 1.165) is 20.1 Å². The number of nitrogen functional groups attached to an aromatic ring is 1. The summed E-state index contributed by atoms with van der Waals surface area (Å²) < 4.78 is 8.14. The molecule has 0 unspecified atom stereocenters. The topological polar surface area (TPSA) is 81.0 Å². The second kappa shape index (κ2) is 6.15. The SMILES string of the molecule is COC(=O)c1c(N)c(C#N)cn1-c1cc(C)c(Br)c(C)c1Br. The van der Waals surface area contributed by atoms with Crippen LogP contribution in [-0.4, -0.2) is 17.6 Å². The van der Waals surface area contributed by atoms with Gasteiger partial charge in [0.15, 0.2) is 5.69 Å². The number of halogens is 2. The van der Waals surface area contributed by atoms with Crippen molar-refractivity contribution in [2.45, 2.75) is 13.8 Å². The molecule has 1 aromatic carbocycles. The lowest BCUT2D eigenvalue weighted by Crippen LogP contribution is -2.12. The van der Waals surface area contributed by atoms with Gasteiger partial charge in [-0.15, -0.1) is 0 Å². The zero-order chi connectivity index (χ0) is 16.6. The molecule has 1 aromatic heterocycles. The molecule has 0 bridgehead atoms. The highest BCUT2D eigenvalue weighted by molar-refractivity contribution is 9.11. The molecule has 2 rings (SSSR count). The highest BCUT2D eigenvalue weighted by atomic mass is 79.9. The third kappa shape index (κ3) is 2.53.